The number of rotatable bonds is 50. The van der Waals surface area contributed by atoms with Gasteiger partial charge in [-0.25, -0.2) is 4.57 Å². The van der Waals surface area contributed by atoms with Crippen molar-refractivity contribution in [3.63, 3.8) is 0 Å². The summed E-state index contributed by atoms with van der Waals surface area (Å²) in [4.78, 5) is 35.6. The summed E-state index contributed by atoms with van der Waals surface area (Å²) in [7, 11) is 1.46. The maximum Gasteiger partial charge on any atom is 0.472 e. The van der Waals surface area contributed by atoms with E-state index in [1.165, 1.54) is 77.0 Å². The highest BCUT2D eigenvalue weighted by Gasteiger charge is 2.27. The highest BCUT2D eigenvalue weighted by atomic mass is 31.2. The van der Waals surface area contributed by atoms with Crippen molar-refractivity contribution in [2.75, 3.05) is 47.5 Å². The SMILES string of the molecule is CC/C=C\C/C=C\C/C=C\C/C=C\C/C=C\C/C=C\CCCCCCCCCCCCCCCCC(=O)OC(COC(=O)CCCCCCC/C=C\C/C=C\CCC)COP(=O)(O)OCC[N+](C)(C)C. The van der Waals surface area contributed by atoms with E-state index in [0.717, 1.165) is 109 Å². The molecule has 2 atom stereocenters. The molecule has 0 aromatic carbocycles. The third kappa shape index (κ3) is 54.3. The number of phosphoric acid groups is 1. The van der Waals surface area contributed by atoms with Gasteiger partial charge in [-0.3, -0.25) is 18.6 Å². The van der Waals surface area contributed by atoms with Gasteiger partial charge in [-0.2, -0.15) is 0 Å². The third-order valence-electron chi connectivity index (χ3n) is 11.6. The van der Waals surface area contributed by atoms with Crippen molar-refractivity contribution in [1.29, 1.82) is 0 Å². The molecule has 0 heterocycles. The molecule has 0 aromatic heterocycles. The van der Waals surface area contributed by atoms with Crippen LogP contribution in [0, 0.1) is 0 Å². The molecule has 0 spiro atoms. The maximum absolute atomic E-state index is 12.8. The fraction of sp³-hybridized carbons (Fsp3) is 0.700. The molecule has 0 aliphatic heterocycles. The van der Waals surface area contributed by atoms with E-state index in [9.17, 15) is 19.0 Å². The molecule has 2 unspecified atom stereocenters. The maximum atomic E-state index is 12.8. The standard InChI is InChI=1S/C60H104NO8P/c1-6-8-10-12-14-16-18-20-21-22-23-24-25-26-27-28-29-30-31-32-33-34-35-36-37-38-39-41-43-45-47-49-51-53-60(63)69-58(57-68-70(64,65)67-55-54-61(3,4)5)56-66-59(62)52-50-48-46-44-42-40-19-17-15-13-11-9-7-2/h8,10-11,13-14,16-17,19-21,23-24,26-27,29-30,58H,6-7,9,12,15,18,22,25,28,31-57H2,1-5H3/p+1/b10-8-,13-11-,16-14-,19-17-,21-20-,24-23-,27-26-,30-29-. The summed E-state index contributed by atoms with van der Waals surface area (Å²) < 4.78 is 34.5. The number of likely N-dealkylation sites (N-methyl/N-ethyl adjacent to an activating group) is 1. The van der Waals surface area contributed by atoms with E-state index in [4.69, 9.17) is 18.5 Å². The first-order valence-electron chi connectivity index (χ1n) is 28.0. The van der Waals surface area contributed by atoms with Crippen molar-refractivity contribution in [2.45, 2.75) is 225 Å². The molecule has 0 fully saturated rings. The smallest absolute Gasteiger partial charge is 0.462 e. The van der Waals surface area contributed by atoms with Gasteiger partial charge in [0.25, 0.3) is 0 Å². The Morgan fingerprint density at radius 2 is 0.814 bits per heavy atom. The van der Waals surface area contributed by atoms with E-state index in [-0.39, 0.29) is 32.0 Å². The van der Waals surface area contributed by atoms with E-state index in [1.54, 1.807) is 0 Å². The summed E-state index contributed by atoms with van der Waals surface area (Å²) in [5.41, 5.74) is 0. The Labute approximate surface area is 430 Å². The van der Waals surface area contributed by atoms with Crippen LogP contribution in [-0.4, -0.2) is 74.9 Å². The molecule has 0 amide bonds. The second-order valence-corrected chi connectivity index (χ2v) is 21.0. The molecule has 0 rings (SSSR count). The molecular formula is C60H105NO8P+. The second-order valence-electron chi connectivity index (χ2n) is 19.6. The number of nitrogens with zero attached hydrogens (tertiary/aromatic N) is 1. The van der Waals surface area contributed by atoms with Crippen LogP contribution in [-0.2, 0) is 32.7 Å². The highest BCUT2D eigenvalue weighted by Crippen LogP contribution is 2.43. The minimum atomic E-state index is -4.39. The zero-order valence-electron chi connectivity index (χ0n) is 45.5. The predicted octanol–water partition coefficient (Wildman–Crippen LogP) is 17.3. The molecule has 0 aliphatic carbocycles. The van der Waals surface area contributed by atoms with Gasteiger partial charge in [0.1, 0.15) is 19.8 Å². The molecule has 1 N–H and O–H groups in total. The molecule has 0 saturated carbocycles. The van der Waals surface area contributed by atoms with Crippen LogP contribution in [0.5, 0.6) is 0 Å². The number of carbonyl (C=O) groups is 2. The number of hydrogen-bond donors (Lipinski definition) is 1. The molecule has 70 heavy (non-hydrogen) atoms. The van der Waals surface area contributed by atoms with Gasteiger partial charge in [-0.05, 0) is 89.9 Å². The first kappa shape index (κ1) is 66.9. The van der Waals surface area contributed by atoms with Crippen LogP contribution in [0.3, 0.4) is 0 Å². The Balaban J connectivity index is 4.09. The van der Waals surface area contributed by atoms with Crippen molar-refractivity contribution in [3.8, 4) is 0 Å². The number of hydrogen-bond acceptors (Lipinski definition) is 7. The number of quaternary nitrogens is 1. The molecule has 0 aromatic rings. The zero-order valence-corrected chi connectivity index (χ0v) is 46.4. The van der Waals surface area contributed by atoms with Crippen molar-refractivity contribution >= 4 is 19.8 Å². The summed E-state index contributed by atoms with van der Waals surface area (Å²) in [5, 5.41) is 0. The number of esters is 2. The Morgan fingerprint density at radius 1 is 0.457 bits per heavy atom. The number of ether oxygens (including phenoxy) is 2. The van der Waals surface area contributed by atoms with Crippen LogP contribution >= 0.6 is 7.82 Å². The van der Waals surface area contributed by atoms with E-state index in [1.807, 2.05) is 21.1 Å². The summed E-state index contributed by atoms with van der Waals surface area (Å²) in [5.74, 6) is -0.818. The normalized spacial score (nSPS) is 14.1. The van der Waals surface area contributed by atoms with Gasteiger partial charge in [0.15, 0.2) is 6.10 Å². The molecule has 402 valence electrons. The zero-order chi connectivity index (χ0) is 51.3. The minimum absolute atomic E-state index is 0.0257. The Morgan fingerprint density at radius 3 is 1.21 bits per heavy atom. The van der Waals surface area contributed by atoms with Crippen LogP contribution in [0.4, 0.5) is 0 Å². The van der Waals surface area contributed by atoms with Crippen molar-refractivity contribution in [3.05, 3.63) is 97.2 Å². The quantitative estimate of drug-likeness (QED) is 0.0211. The molecule has 0 aliphatic rings. The van der Waals surface area contributed by atoms with E-state index < -0.39 is 26.5 Å². The van der Waals surface area contributed by atoms with E-state index in [0.29, 0.717) is 17.4 Å². The van der Waals surface area contributed by atoms with E-state index in [2.05, 4.69) is 111 Å². The molecule has 9 nitrogen and oxygen atoms in total. The lowest BCUT2D eigenvalue weighted by Crippen LogP contribution is -2.37. The van der Waals surface area contributed by atoms with Crippen LogP contribution in [0.1, 0.15) is 219 Å². The fourth-order valence-corrected chi connectivity index (χ4v) is 8.03. The highest BCUT2D eigenvalue weighted by molar-refractivity contribution is 7.47. The molecule has 0 saturated heterocycles. The molecular weight excluding hydrogens is 894 g/mol. The van der Waals surface area contributed by atoms with Gasteiger partial charge < -0.3 is 18.9 Å². The van der Waals surface area contributed by atoms with Gasteiger partial charge in [0.05, 0.1) is 27.7 Å². The van der Waals surface area contributed by atoms with Crippen LogP contribution in [0.15, 0.2) is 97.2 Å². The Hall–Kier alpha value is -3.07. The van der Waals surface area contributed by atoms with Gasteiger partial charge >= 0.3 is 19.8 Å². The summed E-state index contributed by atoms with van der Waals surface area (Å²) in [6, 6.07) is 0. The number of carbonyl (C=O) groups excluding carboxylic acids is 2. The van der Waals surface area contributed by atoms with Gasteiger partial charge in [-0.1, -0.05) is 214 Å². The van der Waals surface area contributed by atoms with Crippen molar-refractivity contribution in [1.82, 2.24) is 0 Å². The first-order chi connectivity index (χ1) is 34.0. The Kier molecular flexibility index (Phi) is 48.6. The van der Waals surface area contributed by atoms with Gasteiger partial charge in [-0.15, -0.1) is 0 Å². The summed E-state index contributed by atoms with van der Waals surface area (Å²) >= 11 is 0. The summed E-state index contributed by atoms with van der Waals surface area (Å²) in [6.07, 6.45) is 69.1. The lowest BCUT2D eigenvalue weighted by molar-refractivity contribution is -0.870. The minimum Gasteiger partial charge on any atom is -0.462 e. The third-order valence-corrected chi connectivity index (χ3v) is 12.6. The largest absolute Gasteiger partial charge is 0.472 e. The second kappa shape index (κ2) is 50.9. The lowest BCUT2D eigenvalue weighted by atomic mass is 10.0. The van der Waals surface area contributed by atoms with Crippen LogP contribution in [0.2, 0.25) is 0 Å². The molecule has 10 heteroatoms. The first-order valence-corrected chi connectivity index (χ1v) is 29.5. The average molecular weight is 999 g/mol. The van der Waals surface area contributed by atoms with Crippen LogP contribution in [0.25, 0.3) is 0 Å². The lowest BCUT2D eigenvalue weighted by Gasteiger charge is -2.24. The molecule has 0 bridgehead atoms. The van der Waals surface area contributed by atoms with Crippen molar-refractivity contribution in [2.24, 2.45) is 0 Å². The number of unbranched alkanes of at least 4 members (excludes halogenated alkanes) is 20. The van der Waals surface area contributed by atoms with Crippen LogP contribution < -0.4 is 0 Å². The predicted molar refractivity (Wildman–Crippen MR) is 298 cm³/mol. The average Bonchev–Trinajstić information content (AvgIpc) is 3.32. The van der Waals surface area contributed by atoms with E-state index >= 15 is 0 Å². The van der Waals surface area contributed by atoms with Gasteiger partial charge in [0.2, 0.25) is 0 Å². The monoisotopic (exact) mass is 999 g/mol. The Bertz CT molecular complexity index is 1500. The van der Waals surface area contributed by atoms with Gasteiger partial charge in [0, 0.05) is 12.8 Å². The van der Waals surface area contributed by atoms with Crippen molar-refractivity contribution < 1.29 is 42.1 Å². The topological polar surface area (TPSA) is 108 Å². The molecule has 0 radical (unpaired) electrons. The number of allylic oxidation sites excluding steroid dienone is 16. The fourth-order valence-electron chi connectivity index (χ4n) is 7.29. The summed E-state index contributed by atoms with van der Waals surface area (Å²) in [6.45, 7) is 4.23. The number of phosphoric ester groups is 1.